The van der Waals surface area contributed by atoms with Crippen molar-refractivity contribution >= 4 is 15.9 Å². The predicted molar refractivity (Wildman–Crippen MR) is 86.9 cm³/mol. The van der Waals surface area contributed by atoms with Gasteiger partial charge in [-0.3, -0.25) is 0 Å². The lowest BCUT2D eigenvalue weighted by atomic mass is 10.2. The zero-order valence-electron chi connectivity index (χ0n) is 12.0. The molecule has 0 saturated heterocycles. The van der Waals surface area contributed by atoms with Gasteiger partial charge >= 0.3 is 0 Å². The molecule has 0 aromatic heterocycles. The minimum absolute atomic E-state index is 0.243. The number of nitrogens with one attached hydrogen (secondary N) is 1. The highest BCUT2D eigenvalue weighted by molar-refractivity contribution is 9.10. The number of halogens is 2. The SMILES string of the molecule is CCCNCc1ccc(OCc2cccc(F)c2)c(Br)c1. The Hall–Kier alpha value is -1.39. The number of hydrogen-bond acceptors (Lipinski definition) is 2. The third-order valence-corrected chi connectivity index (χ3v) is 3.66. The molecule has 2 aromatic rings. The molecule has 2 aromatic carbocycles. The minimum Gasteiger partial charge on any atom is -0.488 e. The van der Waals surface area contributed by atoms with E-state index in [1.54, 1.807) is 6.07 Å². The van der Waals surface area contributed by atoms with E-state index in [0.717, 1.165) is 35.3 Å². The molecule has 0 bridgehead atoms. The summed E-state index contributed by atoms with van der Waals surface area (Å²) in [4.78, 5) is 0. The molecule has 0 aliphatic rings. The molecular formula is C17H19BrFNO. The van der Waals surface area contributed by atoms with E-state index in [1.807, 2.05) is 24.3 Å². The van der Waals surface area contributed by atoms with Crippen LogP contribution in [0.25, 0.3) is 0 Å². The Bertz CT molecular complexity index is 589. The Morgan fingerprint density at radius 2 is 2.00 bits per heavy atom. The Balaban J connectivity index is 1.94. The molecule has 0 spiro atoms. The molecule has 0 radical (unpaired) electrons. The van der Waals surface area contributed by atoms with Gasteiger partial charge in [-0.05, 0) is 64.3 Å². The maximum atomic E-state index is 13.1. The first-order valence-corrected chi connectivity index (χ1v) is 7.84. The van der Waals surface area contributed by atoms with E-state index in [-0.39, 0.29) is 5.82 Å². The molecule has 0 fully saturated rings. The van der Waals surface area contributed by atoms with Gasteiger partial charge in [0.15, 0.2) is 0 Å². The Kier molecular flexibility index (Phi) is 6.21. The van der Waals surface area contributed by atoms with E-state index in [2.05, 4.69) is 28.2 Å². The van der Waals surface area contributed by atoms with Crippen LogP contribution >= 0.6 is 15.9 Å². The van der Waals surface area contributed by atoms with Crippen molar-refractivity contribution in [3.63, 3.8) is 0 Å². The Morgan fingerprint density at radius 3 is 2.71 bits per heavy atom. The monoisotopic (exact) mass is 351 g/mol. The van der Waals surface area contributed by atoms with Crippen LogP contribution in [0.4, 0.5) is 4.39 Å². The largest absolute Gasteiger partial charge is 0.488 e. The molecule has 2 rings (SSSR count). The molecule has 0 unspecified atom stereocenters. The second kappa shape index (κ2) is 8.15. The fraction of sp³-hybridized carbons (Fsp3) is 0.294. The number of ether oxygens (including phenoxy) is 1. The van der Waals surface area contributed by atoms with Gasteiger partial charge in [0, 0.05) is 6.54 Å². The van der Waals surface area contributed by atoms with Gasteiger partial charge in [-0.2, -0.15) is 0 Å². The summed E-state index contributed by atoms with van der Waals surface area (Å²) >= 11 is 3.52. The fourth-order valence-electron chi connectivity index (χ4n) is 1.97. The molecule has 0 aliphatic carbocycles. The van der Waals surface area contributed by atoms with Gasteiger partial charge < -0.3 is 10.1 Å². The maximum absolute atomic E-state index is 13.1. The molecule has 0 amide bonds. The fourth-order valence-corrected chi connectivity index (χ4v) is 2.51. The van der Waals surface area contributed by atoms with Crippen LogP contribution in [0.1, 0.15) is 24.5 Å². The lowest BCUT2D eigenvalue weighted by Gasteiger charge is -2.10. The van der Waals surface area contributed by atoms with Crippen molar-refractivity contribution in [1.82, 2.24) is 5.32 Å². The molecular weight excluding hydrogens is 333 g/mol. The van der Waals surface area contributed by atoms with Crippen molar-refractivity contribution in [3.05, 3.63) is 63.9 Å². The molecule has 4 heteroatoms. The van der Waals surface area contributed by atoms with Crippen LogP contribution in [0.15, 0.2) is 46.9 Å². The summed E-state index contributed by atoms with van der Waals surface area (Å²) in [6.07, 6.45) is 1.12. The Labute approximate surface area is 133 Å². The van der Waals surface area contributed by atoms with E-state index in [0.29, 0.717) is 6.61 Å². The normalized spacial score (nSPS) is 10.6. The van der Waals surface area contributed by atoms with Crippen LogP contribution in [0.5, 0.6) is 5.75 Å². The highest BCUT2D eigenvalue weighted by Gasteiger charge is 2.04. The molecule has 0 heterocycles. The average molecular weight is 352 g/mol. The van der Waals surface area contributed by atoms with Crippen LogP contribution in [0, 0.1) is 5.82 Å². The predicted octanol–water partition coefficient (Wildman–Crippen LogP) is 4.67. The van der Waals surface area contributed by atoms with Crippen molar-refractivity contribution < 1.29 is 9.13 Å². The van der Waals surface area contributed by atoms with Crippen LogP contribution < -0.4 is 10.1 Å². The quantitative estimate of drug-likeness (QED) is 0.732. The first-order valence-electron chi connectivity index (χ1n) is 7.05. The summed E-state index contributed by atoms with van der Waals surface area (Å²) in [7, 11) is 0. The van der Waals surface area contributed by atoms with Crippen molar-refractivity contribution in [2.24, 2.45) is 0 Å². The van der Waals surface area contributed by atoms with E-state index in [9.17, 15) is 4.39 Å². The lowest BCUT2D eigenvalue weighted by Crippen LogP contribution is -2.13. The third kappa shape index (κ3) is 5.14. The summed E-state index contributed by atoms with van der Waals surface area (Å²) in [5.41, 5.74) is 2.02. The number of benzene rings is 2. The van der Waals surface area contributed by atoms with Crippen LogP contribution in [0.2, 0.25) is 0 Å². The summed E-state index contributed by atoms with van der Waals surface area (Å²) < 4.78 is 19.7. The first kappa shape index (κ1) is 16.0. The summed E-state index contributed by atoms with van der Waals surface area (Å²) in [5.74, 6) is 0.519. The highest BCUT2D eigenvalue weighted by Crippen LogP contribution is 2.26. The van der Waals surface area contributed by atoms with E-state index >= 15 is 0 Å². The van der Waals surface area contributed by atoms with Gasteiger partial charge in [0.2, 0.25) is 0 Å². The first-order chi connectivity index (χ1) is 10.2. The van der Waals surface area contributed by atoms with Crippen LogP contribution in [-0.2, 0) is 13.2 Å². The van der Waals surface area contributed by atoms with Crippen molar-refractivity contribution in [3.8, 4) is 5.75 Å². The second-order valence-electron chi connectivity index (χ2n) is 4.86. The minimum atomic E-state index is -0.243. The summed E-state index contributed by atoms with van der Waals surface area (Å²) in [6, 6.07) is 12.5. The standard InChI is InChI=1S/C17H19BrFNO/c1-2-8-20-11-13-6-7-17(16(18)10-13)21-12-14-4-3-5-15(19)9-14/h3-7,9-10,20H,2,8,11-12H2,1H3. The second-order valence-corrected chi connectivity index (χ2v) is 5.71. The molecule has 2 nitrogen and oxygen atoms in total. The molecule has 112 valence electrons. The van der Waals surface area contributed by atoms with Crippen LogP contribution in [0.3, 0.4) is 0 Å². The third-order valence-electron chi connectivity index (χ3n) is 3.04. The highest BCUT2D eigenvalue weighted by atomic mass is 79.9. The van der Waals surface area contributed by atoms with Crippen molar-refractivity contribution in [2.75, 3.05) is 6.54 Å². The zero-order chi connectivity index (χ0) is 15.1. The van der Waals surface area contributed by atoms with E-state index in [4.69, 9.17) is 4.74 Å². The van der Waals surface area contributed by atoms with E-state index in [1.165, 1.54) is 17.7 Å². The zero-order valence-corrected chi connectivity index (χ0v) is 13.6. The van der Waals surface area contributed by atoms with Crippen molar-refractivity contribution in [1.29, 1.82) is 0 Å². The van der Waals surface area contributed by atoms with Gasteiger partial charge in [-0.1, -0.05) is 25.1 Å². The summed E-state index contributed by atoms with van der Waals surface area (Å²) in [6.45, 7) is 4.35. The van der Waals surface area contributed by atoms with Gasteiger partial charge in [-0.15, -0.1) is 0 Å². The molecule has 1 N–H and O–H groups in total. The molecule has 0 saturated carbocycles. The van der Waals surface area contributed by atoms with Gasteiger partial charge in [-0.25, -0.2) is 4.39 Å². The van der Waals surface area contributed by atoms with Gasteiger partial charge in [0.05, 0.1) is 4.47 Å². The van der Waals surface area contributed by atoms with Gasteiger partial charge in [0.25, 0.3) is 0 Å². The van der Waals surface area contributed by atoms with E-state index < -0.39 is 0 Å². The maximum Gasteiger partial charge on any atom is 0.134 e. The topological polar surface area (TPSA) is 21.3 Å². The number of rotatable bonds is 7. The summed E-state index contributed by atoms with van der Waals surface area (Å²) in [5, 5.41) is 3.36. The van der Waals surface area contributed by atoms with Gasteiger partial charge in [0.1, 0.15) is 18.2 Å². The van der Waals surface area contributed by atoms with Crippen LogP contribution in [-0.4, -0.2) is 6.54 Å². The molecule has 0 aliphatic heterocycles. The van der Waals surface area contributed by atoms with Crippen molar-refractivity contribution in [2.45, 2.75) is 26.5 Å². The lowest BCUT2D eigenvalue weighted by molar-refractivity contribution is 0.303. The number of hydrogen-bond donors (Lipinski definition) is 1. The molecule has 21 heavy (non-hydrogen) atoms. The Morgan fingerprint density at radius 1 is 1.14 bits per heavy atom. The molecule has 0 atom stereocenters. The smallest absolute Gasteiger partial charge is 0.134 e. The average Bonchev–Trinajstić information content (AvgIpc) is 2.47.